The van der Waals surface area contributed by atoms with Crippen molar-refractivity contribution in [3.63, 3.8) is 0 Å². The summed E-state index contributed by atoms with van der Waals surface area (Å²) in [6.45, 7) is 14.1. The highest BCUT2D eigenvalue weighted by molar-refractivity contribution is 5.42. The van der Waals surface area contributed by atoms with Crippen LogP contribution in [0.1, 0.15) is 51.3 Å². The number of β-amino-alcohol motifs (C(OH)–C–C–N with tert-alkyl or cyclic N) is 1. The molecular weight excluding hydrogens is 288 g/mol. The lowest BCUT2D eigenvalue weighted by Crippen LogP contribution is -2.44. The topological polar surface area (TPSA) is 44.7 Å². The molecular formula is C19H32N2O2. The summed E-state index contributed by atoms with van der Waals surface area (Å²) in [6.07, 6.45) is 0.547. The maximum Gasteiger partial charge on any atom is 0.123 e. The molecule has 0 spiro atoms. The van der Waals surface area contributed by atoms with E-state index in [1.165, 1.54) is 5.56 Å². The van der Waals surface area contributed by atoms with Crippen molar-refractivity contribution in [3.8, 4) is 5.75 Å². The zero-order chi connectivity index (χ0) is 16.9. The molecule has 0 aromatic heterocycles. The molecule has 4 nitrogen and oxygen atoms in total. The van der Waals surface area contributed by atoms with Crippen LogP contribution >= 0.6 is 0 Å². The van der Waals surface area contributed by atoms with Gasteiger partial charge < -0.3 is 15.2 Å². The first kappa shape index (κ1) is 18.2. The molecule has 0 amide bonds. The van der Waals surface area contributed by atoms with E-state index in [-0.39, 0.29) is 5.41 Å². The average molecular weight is 320 g/mol. The van der Waals surface area contributed by atoms with E-state index in [9.17, 15) is 5.11 Å². The van der Waals surface area contributed by atoms with Crippen molar-refractivity contribution < 1.29 is 9.84 Å². The van der Waals surface area contributed by atoms with Crippen LogP contribution in [0, 0.1) is 0 Å². The smallest absolute Gasteiger partial charge is 0.123 e. The predicted molar refractivity (Wildman–Crippen MR) is 95.2 cm³/mol. The molecule has 4 heteroatoms. The van der Waals surface area contributed by atoms with Gasteiger partial charge in [0.15, 0.2) is 0 Å². The number of benzene rings is 1. The third-order valence-corrected chi connectivity index (χ3v) is 4.30. The molecule has 23 heavy (non-hydrogen) atoms. The van der Waals surface area contributed by atoms with E-state index in [1.54, 1.807) is 0 Å². The molecule has 1 atom stereocenters. The molecule has 130 valence electrons. The number of piperazine rings is 1. The number of nitrogens with one attached hydrogen (secondary N) is 1. The van der Waals surface area contributed by atoms with Gasteiger partial charge in [-0.15, -0.1) is 0 Å². The lowest BCUT2D eigenvalue weighted by atomic mass is 9.84. The molecule has 2 rings (SSSR count). The summed E-state index contributed by atoms with van der Waals surface area (Å²) in [6, 6.07) is 6.15. The third-order valence-electron chi connectivity index (χ3n) is 4.30. The Balaban J connectivity index is 2.14. The van der Waals surface area contributed by atoms with Crippen LogP contribution in [0.3, 0.4) is 0 Å². The summed E-state index contributed by atoms with van der Waals surface area (Å²) in [5.74, 6) is 0.942. The summed E-state index contributed by atoms with van der Waals surface area (Å²) < 4.78 is 5.90. The van der Waals surface area contributed by atoms with Gasteiger partial charge in [0.2, 0.25) is 0 Å². The predicted octanol–water partition coefficient (Wildman–Crippen LogP) is 2.71. The summed E-state index contributed by atoms with van der Waals surface area (Å²) in [5, 5.41) is 14.0. The van der Waals surface area contributed by atoms with Crippen molar-refractivity contribution in [2.75, 3.05) is 39.3 Å². The molecule has 1 aliphatic rings. The van der Waals surface area contributed by atoms with Crippen molar-refractivity contribution in [3.05, 3.63) is 29.3 Å². The van der Waals surface area contributed by atoms with Crippen molar-refractivity contribution >= 4 is 0 Å². The number of aliphatic hydroxyl groups excluding tert-OH is 1. The molecule has 1 aromatic rings. The third kappa shape index (κ3) is 5.20. The Morgan fingerprint density at radius 3 is 2.57 bits per heavy atom. The largest absolute Gasteiger partial charge is 0.493 e. The highest BCUT2D eigenvalue weighted by Gasteiger charge is 2.22. The highest BCUT2D eigenvalue weighted by Crippen LogP contribution is 2.34. The molecule has 1 unspecified atom stereocenters. The summed E-state index contributed by atoms with van der Waals surface area (Å²) in [7, 11) is 0. The van der Waals surface area contributed by atoms with Crippen molar-refractivity contribution in [2.45, 2.75) is 45.6 Å². The number of hydrogen-bond acceptors (Lipinski definition) is 4. The van der Waals surface area contributed by atoms with Crippen LogP contribution in [-0.2, 0) is 5.41 Å². The Morgan fingerprint density at radius 1 is 1.26 bits per heavy atom. The first-order valence-corrected chi connectivity index (χ1v) is 8.80. The van der Waals surface area contributed by atoms with Crippen LogP contribution in [0.15, 0.2) is 18.2 Å². The van der Waals surface area contributed by atoms with Gasteiger partial charge in [-0.3, -0.25) is 4.90 Å². The van der Waals surface area contributed by atoms with Crippen LogP contribution in [0.5, 0.6) is 5.75 Å². The minimum Gasteiger partial charge on any atom is -0.493 e. The molecule has 1 aromatic carbocycles. The van der Waals surface area contributed by atoms with Crippen molar-refractivity contribution in [2.24, 2.45) is 0 Å². The van der Waals surface area contributed by atoms with Gasteiger partial charge in [-0.2, -0.15) is 0 Å². The fraction of sp³-hybridized carbons (Fsp3) is 0.684. The number of rotatable bonds is 6. The van der Waals surface area contributed by atoms with Crippen LogP contribution in [0.4, 0.5) is 0 Å². The second-order valence-corrected chi connectivity index (χ2v) is 7.42. The zero-order valence-electron chi connectivity index (χ0n) is 15.1. The SMILES string of the molecule is CCCOc1ccc(C(O)CN2CCNCC2)cc1C(C)(C)C. The van der Waals surface area contributed by atoms with Gasteiger partial charge in [-0.05, 0) is 35.1 Å². The van der Waals surface area contributed by atoms with Gasteiger partial charge in [0.1, 0.15) is 5.75 Å². The number of aliphatic hydroxyl groups is 1. The molecule has 2 N–H and O–H groups in total. The van der Waals surface area contributed by atoms with E-state index in [4.69, 9.17) is 4.74 Å². The van der Waals surface area contributed by atoms with Gasteiger partial charge in [0.05, 0.1) is 12.7 Å². The van der Waals surface area contributed by atoms with Gasteiger partial charge >= 0.3 is 0 Å². The quantitative estimate of drug-likeness (QED) is 0.846. The van der Waals surface area contributed by atoms with E-state index in [0.717, 1.165) is 50.5 Å². The van der Waals surface area contributed by atoms with E-state index in [0.29, 0.717) is 6.54 Å². The molecule has 0 bridgehead atoms. The Kier molecular flexibility index (Phi) is 6.45. The van der Waals surface area contributed by atoms with Gasteiger partial charge in [-0.1, -0.05) is 33.8 Å². The Hall–Kier alpha value is -1.10. The molecule has 0 radical (unpaired) electrons. The summed E-state index contributed by atoms with van der Waals surface area (Å²) in [4.78, 5) is 2.32. The highest BCUT2D eigenvalue weighted by atomic mass is 16.5. The maximum absolute atomic E-state index is 10.6. The van der Waals surface area contributed by atoms with Crippen LogP contribution in [-0.4, -0.2) is 49.3 Å². The molecule has 1 aliphatic heterocycles. The van der Waals surface area contributed by atoms with Crippen molar-refractivity contribution in [1.29, 1.82) is 0 Å². The summed E-state index contributed by atoms with van der Waals surface area (Å²) >= 11 is 0. The first-order valence-electron chi connectivity index (χ1n) is 8.80. The second-order valence-electron chi connectivity index (χ2n) is 7.42. The average Bonchev–Trinajstić information content (AvgIpc) is 2.52. The van der Waals surface area contributed by atoms with E-state index >= 15 is 0 Å². The molecule has 0 aliphatic carbocycles. The lowest BCUT2D eigenvalue weighted by molar-refractivity contribution is 0.105. The number of ether oxygens (including phenoxy) is 1. The van der Waals surface area contributed by atoms with E-state index in [2.05, 4.69) is 44.0 Å². The first-order chi connectivity index (χ1) is 10.9. The summed E-state index contributed by atoms with van der Waals surface area (Å²) in [5.41, 5.74) is 2.15. The van der Waals surface area contributed by atoms with Gasteiger partial charge in [-0.25, -0.2) is 0 Å². The Morgan fingerprint density at radius 2 is 1.96 bits per heavy atom. The number of hydrogen-bond donors (Lipinski definition) is 2. The van der Waals surface area contributed by atoms with E-state index < -0.39 is 6.10 Å². The molecule has 0 saturated carbocycles. The van der Waals surface area contributed by atoms with E-state index in [1.807, 2.05) is 12.1 Å². The molecule has 1 saturated heterocycles. The minimum atomic E-state index is -0.450. The lowest BCUT2D eigenvalue weighted by Gasteiger charge is -2.30. The molecule has 1 heterocycles. The Labute approximate surface area is 140 Å². The van der Waals surface area contributed by atoms with Crippen molar-refractivity contribution in [1.82, 2.24) is 10.2 Å². The zero-order valence-corrected chi connectivity index (χ0v) is 15.1. The van der Waals surface area contributed by atoms with Crippen LogP contribution < -0.4 is 10.1 Å². The molecule has 1 fully saturated rings. The Bertz CT molecular complexity index is 491. The van der Waals surface area contributed by atoms with Gasteiger partial charge in [0, 0.05) is 32.7 Å². The van der Waals surface area contributed by atoms with Crippen LogP contribution in [0.25, 0.3) is 0 Å². The van der Waals surface area contributed by atoms with Crippen LogP contribution in [0.2, 0.25) is 0 Å². The minimum absolute atomic E-state index is 0.00610. The fourth-order valence-electron chi connectivity index (χ4n) is 2.92. The standard InChI is InChI=1S/C19H32N2O2/c1-5-12-23-18-7-6-15(13-16(18)19(2,3)4)17(22)14-21-10-8-20-9-11-21/h6-7,13,17,20,22H,5,8-12,14H2,1-4H3. The number of nitrogens with zero attached hydrogens (tertiary/aromatic N) is 1. The fourth-order valence-corrected chi connectivity index (χ4v) is 2.92. The normalized spacial score (nSPS) is 18.0. The maximum atomic E-state index is 10.6. The monoisotopic (exact) mass is 320 g/mol. The second kappa shape index (κ2) is 8.13. The van der Waals surface area contributed by atoms with Gasteiger partial charge in [0.25, 0.3) is 0 Å².